The molecule has 1 aliphatic heterocycles. The summed E-state index contributed by atoms with van der Waals surface area (Å²) in [5.74, 6) is -0.876. The van der Waals surface area contributed by atoms with Crippen molar-refractivity contribution in [2.45, 2.75) is 19.8 Å². The summed E-state index contributed by atoms with van der Waals surface area (Å²) in [5, 5.41) is 14.6. The van der Waals surface area contributed by atoms with Crippen LogP contribution in [0.2, 0.25) is 0 Å². The van der Waals surface area contributed by atoms with E-state index in [2.05, 4.69) is 15.5 Å². The lowest BCUT2D eigenvalue weighted by molar-refractivity contribution is 0.0524. The number of amides is 2. The molecule has 0 aliphatic carbocycles. The zero-order chi connectivity index (χ0) is 24.4. The van der Waals surface area contributed by atoms with Crippen molar-refractivity contribution in [2.24, 2.45) is 0 Å². The van der Waals surface area contributed by atoms with Crippen LogP contribution in [0.15, 0.2) is 60.7 Å². The fourth-order valence-corrected chi connectivity index (χ4v) is 4.91. The molecule has 2 amide bonds. The third kappa shape index (κ3) is 4.50. The number of carbonyl (C=O) groups excluding carboxylic acids is 3. The van der Waals surface area contributed by atoms with Crippen molar-refractivity contribution in [3.8, 4) is 0 Å². The number of ether oxygens (including phenoxy) is 1. The third-order valence-electron chi connectivity index (χ3n) is 5.74. The fraction of sp³-hybridized carbons (Fsp3) is 0.192. The number of hydrogen-bond donors (Lipinski definition) is 1. The van der Waals surface area contributed by atoms with E-state index in [1.807, 2.05) is 24.3 Å². The second-order valence-electron chi connectivity index (χ2n) is 8.00. The molecule has 3 aromatic carbocycles. The molecule has 4 aromatic rings. The Morgan fingerprint density at radius 2 is 1.66 bits per heavy atom. The minimum atomic E-state index is -0.358. The Kier molecular flexibility index (Phi) is 6.24. The maximum absolute atomic E-state index is 13.0. The van der Waals surface area contributed by atoms with Crippen LogP contribution in [0.25, 0.3) is 10.8 Å². The molecule has 0 spiro atoms. The predicted octanol–water partition coefficient (Wildman–Crippen LogP) is 4.84. The molecule has 1 aliphatic rings. The lowest BCUT2D eigenvalue weighted by Gasteiger charge is -2.27. The number of hydrogen-bond acceptors (Lipinski definition) is 8. The van der Waals surface area contributed by atoms with E-state index in [4.69, 9.17) is 4.74 Å². The summed E-state index contributed by atoms with van der Waals surface area (Å²) in [6.07, 6.45) is 1.17. The Morgan fingerprint density at radius 1 is 0.971 bits per heavy atom. The fourth-order valence-electron chi connectivity index (χ4n) is 4.10. The number of imide groups is 1. The van der Waals surface area contributed by atoms with Crippen molar-refractivity contribution in [3.05, 3.63) is 82.4 Å². The van der Waals surface area contributed by atoms with E-state index in [-0.39, 0.29) is 17.8 Å². The molecule has 0 atom stereocenters. The number of aryl methyl sites for hydroxylation is 1. The first-order valence-electron chi connectivity index (χ1n) is 11.3. The molecule has 0 unspecified atom stereocenters. The molecule has 0 saturated carbocycles. The summed E-state index contributed by atoms with van der Waals surface area (Å²) in [6.45, 7) is 2.40. The van der Waals surface area contributed by atoms with Crippen molar-refractivity contribution in [2.75, 3.05) is 18.5 Å². The molecule has 0 saturated heterocycles. The zero-order valence-corrected chi connectivity index (χ0v) is 19.8. The van der Waals surface area contributed by atoms with E-state index in [1.54, 1.807) is 43.3 Å². The summed E-state index contributed by atoms with van der Waals surface area (Å²) in [7, 11) is 0. The highest BCUT2D eigenvalue weighted by atomic mass is 32.1. The first-order chi connectivity index (χ1) is 17.0. The van der Waals surface area contributed by atoms with Gasteiger partial charge in [-0.15, -0.1) is 10.2 Å². The molecule has 8 nitrogen and oxygen atoms in total. The molecule has 1 aromatic heterocycles. The van der Waals surface area contributed by atoms with Gasteiger partial charge >= 0.3 is 5.97 Å². The molecule has 0 bridgehead atoms. The standard InChI is InChI=1S/C26H22N4O4S/c1-2-34-25(33)17-11-13-18(14-12-17)27-26-29-28-21(35-26)10-5-15-30-23(31)19-8-3-6-16-7-4-9-20(22(16)19)24(30)32/h3-4,6-9,11-14H,2,5,10,15H2,1H3,(H,27,29). The van der Waals surface area contributed by atoms with Crippen LogP contribution in [0.3, 0.4) is 0 Å². The van der Waals surface area contributed by atoms with Gasteiger partial charge in [0, 0.05) is 35.2 Å². The van der Waals surface area contributed by atoms with E-state index in [0.29, 0.717) is 47.8 Å². The van der Waals surface area contributed by atoms with Crippen molar-refractivity contribution in [3.63, 3.8) is 0 Å². The largest absolute Gasteiger partial charge is 0.462 e. The van der Waals surface area contributed by atoms with Gasteiger partial charge in [-0.3, -0.25) is 14.5 Å². The number of aromatic nitrogens is 2. The van der Waals surface area contributed by atoms with Gasteiger partial charge < -0.3 is 10.1 Å². The Bertz CT molecular complexity index is 1380. The molecule has 35 heavy (non-hydrogen) atoms. The van der Waals surface area contributed by atoms with Crippen molar-refractivity contribution >= 4 is 50.7 Å². The molecule has 5 rings (SSSR count). The van der Waals surface area contributed by atoms with E-state index in [1.165, 1.54) is 16.2 Å². The summed E-state index contributed by atoms with van der Waals surface area (Å²) < 4.78 is 4.99. The second-order valence-corrected chi connectivity index (χ2v) is 9.06. The van der Waals surface area contributed by atoms with Gasteiger partial charge in [0.15, 0.2) is 0 Å². The third-order valence-corrected chi connectivity index (χ3v) is 6.64. The average molecular weight is 487 g/mol. The summed E-state index contributed by atoms with van der Waals surface area (Å²) in [6, 6.07) is 18.0. The molecule has 0 fully saturated rings. The summed E-state index contributed by atoms with van der Waals surface area (Å²) >= 11 is 1.41. The van der Waals surface area contributed by atoms with Gasteiger partial charge in [0.2, 0.25) is 5.13 Å². The average Bonchev–Trinajstić information content (AvgIpc) is 3.32. The maximum atomic E-state index is 13.0. The quantitative estimate of drug-likeness (QED) is 0.281. The number of esters is 1. The first-order valence-corrected chi connectivity index (χ1v) is 12.1. The Labute approximate surface area is 205 Å². The van der Waals surface area contributed by atoms with E-state index in [0.717, 1.165) is 21.5 Å². The lowest BCUT2D eigenvalue weighted by atomic mass is 9.94. The number of rotatable bonds is 8. The van der Waals surface area contributed by atoms with Crippen LogP contribution < -0.4 is 5.32 Å². The van der Waals surface area contributed by atoms with Crippen molar-refractivity contribution in [1.29, 1.82) is 0 Å². The maximum Gasteiger partial charge on any atom is 0.338 e. The van der Waals surface area contributed by atoms with Crippen LogP contribution in [0.1, 0.15) is 49.4 Å². The lowest BCUT2D eigenvalue weighted by Crippen LogP contribution is -2.41. The van der Waals surface area contributed by atoms with Crippen molar-refractivity contribution in [1.82, 2.24) is 15.1 Å². The number of benzene rings is 3. The van der Waals surface area contributed by atoms with Crippen LogP contribution in [0, 0.1) is 0 Å². The minimum absolute atomic E-state index is 0.259. The number of nitrogens with one attached hydrogen (secondary N) is 1. The highest BCUT2D eigenvalue weighted by Crippen LogP contribution is 2.30. The zero-order valence-electron chi connectivity index (χ0n) is 19.0. The smallest absolute Gasteiger partial charge is 0.338 e. The van der Waals surface area contributed by atoms with Gasteiger partial charge in [-0.1, -0.05) is 35.6 Å². The van der Waals surface area contributed by atoms with Gasteiger partial charge in [-0.25, -0.2) is 4.79 Å². The van der Waals surface area contributed by atoms with Crippen LogP contribution in [0.4, 0.5) is 10.8 Å². The Morgan fingerprint density at radius 3 is 2.31 bits per heavy atom. The number of nitrogens with zero attached hydrogens (tertiary/aromatic N) is 3. The SMILES string of the molecule is CCOC(=O)c1ccc(Nc2nnc(CCCN3C(=O)c4cccc5cccc(c45)C3=O)s2)cc1. The highest BCUT2D eigenvalue weighted by Gasteiger charge is 2.32. The Balaban J connectivity index is 1.20. The van der Waals surface area contributed by atoms with Gasteiger partial charge in [-0.2, -0.15) is 0 Å². The topological polar surface area (TPSA) is 101 Å². The van der Waals surface area contributed by atoms with Gasteiger partial charge in [0.05, 0.1) is 12.2 Å². The second kappa shape index (κ2) is 9.63. The van der Waals surface area contributed by atoms with E-state index >= 15 is 0 Å². The van der Waals surface area contributed by atoms with Gasteiger partial charge in [0.25, 0.3) is 11.8 Å². The molecular formula is C26H22N4O4S. The summed E-state index contributed by atoms with van der Waals surface area (Å²) in [5.41, 5.74) is 2.39. The van der Waals surface area contributed by atoms with Crippen LogP contribution in [-0.4, -0.2) is 46.0 Å². The number of carbonyl (C=O) groups is 3. The van der Waals surface area contributed by atoms with Crippen LogP contribution in [0.5, 0.6) is 0 Å². The molecular weight excluding hydrogens is 464 g/mol. The highest BCUT2D eigenvalue weighted by molar-refractivity contribution is 7.15. The summed E-state index contributed by atoms with van der Waals surface area (Å²) in [4.78, 5) is 39.1. The molecule has 0 radical (unpaired) electrons. The van der Waals surface area contributed by atoms with E-state index in [9.17, 15) is 14.4 Å². The predicted molar refractivity (Wildman–Crippen MR) is 133 cm³/mol. The van der Waals surface area contributed by atoms with Gasteiger partial charge in [0.1, 0.15) is 5.01 Å². The van der Waals surface area contributed by atoms with Crippen molar-refractivity contribution < 1.29 is 19.1 Å². The Hall–Kier alpha value is -4.11. The van der Waals surface area contributed by atoms with E-state index < -0.39 is 0 Å². The normalized spacial score (nSPS) is 12.8. The number of anilines is 2. The molecule has 176 valence electrons. The monoisotopic (exact) mass is 486 g/mol. The minimum Gasteiger partial charge on any atom is -0.462 e. The molecule has 9 heteroatoms. The van der Waals surface area contributed by atoms with Gasteiger partial charge in [-0.05, 0) is 55.1 Å². The molecule has 2 heterocycles. The van der Waals surface area contributed by atoms with Crippen LogP contribution in [-0.2, 0) is 11.2 Å². The first kappa shape index (κ1) is 22.7. The van der Waals surface area contributed by atoms with Crippen LogP contribution >= 0.6 is 11.3 Å². The molecule has 1 N–H and O–H groups in total.